The van der Waals surface area contributed by atoms with Gasteiger partial charge in [-0.05, 0) is 43.9 Å². The first-order valence-corrected chi connectivity index (χ1v) is 7.44. The number of rotatable bonds is 4. The summed E-state index contributed by atoms with van der Waals surface area (Å²) in [5, 5.41) is 11.5. The lowest BCUT2D eigenvalue weighted by molar-refractivity contribution is 0.168. The van der Waals surface area contributed by atoms with Gasteiger partial charge in [-0.2, -0.15) is 0 Å². The van der Waals surface area contributed by atoms with Crippen LogP contribution in [-0.2, 0) is 6.54 Å². The molecular weight excluding hydrogens is 224 g/mol. The second-order valence-electron chi connectivity index (χ2n) is 6.10. The van der Waals surface area contributed by atoms with Crippen molar-refractivity contribution in [3.63, 3.8) is 0 Å². The summed E-state index contributed by atoms with van der Waals surface area (Å²) in [5.41, 5.74) is 0.754. The second-order valence-corrected chi connectivity index (χ2v) is 6.10. The lowest BCUT2D eigenvalue weighted by Crippen LogP contribution is -2.38. The molecule has 1 aromatic heterocycles. The maximum absolute atomic E-state index is 3.98. The standard InChI is InChI=1S/C14H24N4/c1-2-6-14(5-1)7-3-13(4-8-14)15-9-11-18-12-10-16-17-18/h10,12-13,15H,1-9,11H2. The van der Waals surface area contributed by atoms with Crippen LogP contribution in [0, 0.1) is 5.41 Å². The summed E-state index contributed by atoms with van der Waals surface area (Å²) in [6.07, 6.45) is 15.3. The van der Waals surface area contributed by atoms with E-state index in [2.05, 4.69) is 15.6 Å². The van der Waals surface area contributed by atoms with Gasteiger partial charge in [-0.25, -0.2) is 0 Å². The largest absolute Gasteiger partial charge is 0.312 e. The van der Waals surface area contributed by atoms with E-state index in [4.69, 9.17) is 0 Å². The Morgan fingerprint density at radius 2 is 1.94 bits per heavy atom. The Bertz CT molecular complexity index is 344. The third-order valence-electron chi connectivity index (χ3n) is 4.96. The van der Waals surface area contributed by atoms with Gasteiger partial charge in [0.15, 0.2) is 0 Å². The van der Waals surface area contributed by atoms with Gasteiger partial charge in [-0.3, -0.25) is 4.68 Å². The molecule has 1 heterocycles. The van der Waals surface area contributed by atoms with Gasteiger partial charge in [0.2, 0.25) is 0 Å². The van der Waals surface area contributed by atoms with Crippen LogP contribution in [0.2, 0.25) is 0 Å². The molecule has 1 N–H and O–H groups in total. The number of hydrogen-bond donors (Lipinski definition) is 1. The molecule has 0 saturated heterocycles. The summed E-state index contributed by atoms with van der Waals surface area (Å²) < 4.78 is 1.90. The smallest absolute Gasteiger partial charge is 0.0692 e. The number of nitrogens with one attached hydrogen (secondary N) is 1. The van der Waals surface area contributed by atoms with Crippen LogP contribution in [0.3, 0.4) is 0 Å². The Labute approximate surface area is 109 Å². The molecule has 2 saturated carbocycles. The zero-order chi connectivity index (χ0) is 12.3. The highest BCUT2D eigenvalue weighted by Gasteiger charge is 2.37. The summed E-state index contributed by atoms with van der Waals surface area (Å²) in [6, 6.07) is 0.736. The van der Waals surface area contributed by atoms with Crippen LogP contribution in [0.4, 0.5) is 0 Å². The van der Waals surface area contributed by atoms with E-state index in [1.807, 2.05) is 10.9 Å². The van der Waals surface area contributed by atoms with Crippen molar-refractivity contribution >= 4 is 0 Å². The summed E-state index contributed by atoms with van der Waals surface area (Å²) in [7, 11) is 0. The van der Waals surface area contributed by atoms with Crippen molar-refractivity contribution in [1.29, 1.82) is 0 Å². The molecular formula is C14H24N4. The highest BCUT2D eigenvalue weighted by atomic mass is 15.4. The molecule has 0 bridgehead atoms. The lowest BCUT2D eigenvalue weighted by atomic mass is 9.71. The van der Waals surface area contributed by atoms with Gasteiger partial charge in [0.25, 0.3) is 0 Å². The summed E-state index contributed by atoms with van der Waals surface area (Å²) in [4.78, 5) is 0. The maximum Gasteiger partial charge on any atom is 0.0692 e. The molecule has 3 rings (SSSR count). The van der Waals surface area contributed by atoms with Gasteiger partial charge in [0, 0.05) is 18.8 Å². The minimum atomic E-state index is 0.736. The number of aromatic nitrogens is 3. The summed E-state index contributed by atoms with van der Waals surface area (Å²) in [6.45, 7) is 1.95. The number of nitrogens with zero attached hydrogens (tertiary/aromatic N) is 3. The van der Waals surface area contributed by atoms with Crippen LogP contribution in [0.1, 0.15) is 51.4 Å². The van der Waals surface area contributed by atoms with Crippen molar-refractivity contribution < 1.29 is 0 Å². The quantitative estimate of drug-likeness (QED) is 0.889. The van der Waals surface area contributed by atoms with E-state index in [0.717, 1.165) is 24.5 Å². The van der Waals surface area contributed by atoms with Crippen LogP contribution in [0.15, 0.2) is 12.4 Å². The van der Waals surface area contributed by atoms with Gasteiger partial charge < -0.3 is 5.32 Å². The van der Waals surface area contributed by atoms with Gasteiger partial charge in [-0.15, -0.1) is 5.10 Å². The highest BCUT2D eigenvalue weighted by molar-refractivity contribution is 4.91. The van der Waals surface area contributed by atoms with Gasteiger partial charge >= 0.3 is 0 Å². The molecule has 2 fully saturated rings. The molecule has 0 radical (unpaired) electrons. The Hall–Kier alpha value is -0.900. The molecule has 0 aromatic carbocycles. The second kappa shape index (κ2) is 5.39. The van der Waals surface area contributed by atoms with Gasteiger partial charge in [0.05, 0.1) is 12.7 Å². The lowest BCUT2D eigenvalue weighted by Gasteiger charge is -2.37. The van der Waals surface area contributed by atoms with Crippen molar-refractivity contribution in [2.24, 2.45) is 5.41 Å². The van der Waals surface area contributed by atoms with Crippen molar-refractivity contribution in [3.8, 4) is 0 Å². The zero-order valence-electron chi connectivity index (χ0n) is 11.1. The SMILES string of the molecule is c1cn(CCNC2CCC3(CCCC3)CC2)nn1. The first-order valence-electron chi connectivity index (χ1n) is 7.44. The topological polar surface area (TPSA) is 42.7 Å². The zero-order valence-corrected chi connectivity index (χ0v) is 11.1. The predicted molar refractivity (Wildman–Crippen MR) is 71.2 cm³/mol. The number of hydrogen-bond acceptors (Lipinski definition) is 3. The third kappa shape index (κ3) is 2.74. The fourth-order valence-electron chi connectivity index (χ4n) is 3.79. The average Bonchev–Trinajstić information content (AvgIpc) is 3.04. The van der Waals surface area contributed by atoms with Gasteiger partial charge in [-0.1, -0.05) is 18.1 Å². The van der Waals surface area contributed by atoms with E-state index in [9.17, 15) is 0 Å². The molecule has 100 valence electrons. The van der Waals surface area contributed by atoms with Crippen molar-refractivity contribution in [2.75, 3.05) is 6.54 Å². The fraction of sp³-hybridized carbons (Fsp3) is 0.857. The molecule has 4 nitrogen and oxygen atoms in total. The van der Waals surface area contributed by atoms with E-state index in [1.165, 1.54) is 51.4 Å². The summed E-state index contributed by atoms with van der Waals surface area (Å²) >= 11 is 0. The van der Waals surface area contributed by atoms with E-state index >= 15 is 0 Å². The minimum Gasteiger partial charge on any atom is -0.312 e. The monoisotopic (exact) mass is 248 g/mol. The van der Waals surface area contributed by atoms with E-state index in [1.54, 1.807) is 6.20 Å². The average molecular weight is 248 g/mol. The molecule has 2 aliphatic carbocycles. The van der Waals surface area contributed by atoms with Crippen LogP contribution in [0.5, 0.6) is 0 Å². The van der Waals surface area contributed by atoms with Crippen molar-refractivity contribution in [1.82, 2.24) is 20.3 Å². The molecule has 0 aliphatic heterocycles. The van der Waals surface area contributed by atoms with Crippen LogP contribution >= 0.6 is 0 Å². The highest BCUT2D eigenvalue weighted by Crippen LogP contribution is 2.48. The van der Waals surface area contributed by atoms with Crippen LogP contribution in [-0.4, -0.2) is 27.6 Å². The molecule has 2 aliphatic rings. The third-order valence-corrected chi connectivity index (χ3v) is 4.96. The molecule has 18 heavy (non-hydrogen) atoms. The molecule has 4 heteroatoms. The predicted octanol–water partition coefficient (Wildman–Crippen LogP) is 2.37. The normalized spacial score (nSPS) is 23.8. The molecule has 1 aromatic rings. The van der Waals surface area contributed by atoms with Crippen molar-refractivity contribution in [3.05, 3.63) is 12.4 Å². The van der Waals surface area contributed by atoms with E-state index < -0.39 is 0 Å². The molecule has 0 amide bonds. The first-order chi connectivity index (χ1) is 8.86. The molecule has 1 spiro atoms. The van der Waals surface area contributed by atoms with Crippen LogP contribution < -0.4 is 5.32 Å². The molecule has 0 unspecified atom stereocenters. The van der Waals surface area contributed by atoms with Crippen molar-refractivity contribution in [2.45, 2.75) is 64.0 Å². The van der Waals surface area contributed by atoms with E-state index in [0.29, 0.717) is 0 Å². The Morgan fingerprint density at radius 3 is 2.61 bits per heavy atom. The Kier molecular flexibility index (Phi) is 3.64. The summed E-state index contributed by atoms with van der Waals surface area (Å²) in [5.74, 6) is 0. The maximum atomic E-state index is 3.98. The fourth-order valence-corrected chi connectivity index (χ4v) is 3.79. The minimum absolute atomic E-state index is 0.736. The Balaban J connectivity index is 1.38. The van der Waals surface area contributed by atoms with Crippen LogP contribution in [0.25, 0.3) is 0 Å². The first kappa shape index (κ1) is 12.2. The van der Waals surface area contributed by atoms with Gasteiger partial charge in [0.1, 0.15) is 0 Å². The molecule has 0 atom stereocenters. The van der Waals surface area contributed by atoms with E-state index in [-0.39, 0.29) is 0 Å². The Morgan fingerprint density at radius 1 is 1.17 bits per heavy atom.